The number of hydrogen-bond acceptors (Lipinski definition) is 3. The number of aromatic amines is 1. The van der Waals surface area contributed by atoms with E-state index in [0.29, 0.717) is 0 Å². The van der Waals surface area contributed by atoms with Gasteiger partial charge in [-0.1, -0.05) is 6.92 Å². The van der Waals surface area contributed by atoms with Crippen molar-refractivity contribution in [1.29, 1.82) is 0 Å². The second kappa shape index (κ2) is 4.27. The predicted octanol–water partition coefficient (Wildman–Crippen LogP) is 0.986. The van der Waals surface area contributed by atoms with Gasteiger partial charge in [-0.2, -0.15) is 0 Å². The summed E-state index contributed by atoms with van der Waals surface area (Å²) in [6.07, 6.45) is 4.84. The van der Waals surface area contributed by atoms with Crippen LogP contribution in [0.1, 0.15) is 32.6 Å². The number of pyridine rings is 1. The maximum Gasteiger partial charge on any atom is 0.247 e. The van der Waals surface area contributed by atoms with Gasteiger partial charge in [0.15, 0.2) is 0 Å². The Kier molecular flexibility index (Phi) is 3.09. The fraction of sp³-hybridized carbons (Fsp3) is 0.545. The Balaban J connectivity index is 2.25. The van der Waals surface area contributed by atoms with E-state index in [2.05, 4.69) is 9.71 Å². The zero-order valence-electron chi connectivity index (χ0n) is 9.69. The Labute approximate surface area is 100 Å². The minimum atomic E-state index is -3.53. The summed E-state index contributed by atoms with van der Waals surface area (Å²) in [4.78, 5) is 13.4. The van der Waals surface area contributed by atoms with Crippen molar-refractivity contribution in [3.8, 4) is 0 Å². The highest BCUT2D eigenvalue weighted by atomic mass is 32.2. The van der Waals surface area contributed by atoms with Gasteiger partial charge >= 0.3 is 0 Å². The quantitative estimate of drug-likeness (QED) is 0.843. The average Bonchev–Trinajstić information content (AvgIpc) is 2.24. The standard InChI is InChI=1S/C11H16N2O3S/c1-2-11(6-3-7-11)13-17(15,16)9-4-5-10(14)12-8-9/h4-5,8,13H,2-3,6-7H2,1H3,(H,12,14). The number of aromatic nitrogens is 1. The van der Waals surface area contributed by atoms with Crippen LogP contribution >= 0.6 is 0 Å². The first kappa shape index (κ1) is 12.3. The van der Waals surface area contributed by atoms with Crippen molar-refractivity contribution in [3.05, 3.63) is 28.7 Å². The molecule has 0 aromatic carbocycles. The molecule has 1 aromatic heterocycles. The van der Waals surface area contributed by atoms with Crippen LogP contribution in [0, 0.1) is 0 Å². The summed E-state index contributed by atoms with van der Waals surface area (Å²) in [7, 11) is -3.53. The van der Waals surface area contributed by atoms with Crippen molar-refractivity contribution >= 4 is 10.0 Å². The molecule has 0 atom stereocenters. The van der Waals surface area contributed by atoms with Gasteiger partial charge in [-0.25, -0.2) is 13.1 Å². The molecule has 0 aliphatic heterocycles. The summed E-state index contributed by atoms with van der Waals surface area (Å²) >= 11 is 0. The van der Waals surface area contributed by atoms with Crippen molar-refractivity contribution in [2.45, 2.75) is 43.0 Å². The van der Waals surface area contributed by atoms with Crippen LogP contribution in [0.25, 0.3) is 0 Å². The summed E-state index contributed by atoms with van der Waals surface area (Å²) in [5.41, 5.74) is -0.590. The molecule has 0 spiro atoms. The lowest BCUT2D eigenvalue weighted by atomic mass is 9.76. The molecular weight excluding hydrogens is 240 g/mol. The molecule has 17 heavy (non-hydrogen) atoms. The van der Waals surface area contributed by atoms with Crippen LogP contribution in [0.2, 0.25) is 0 Å². The van der Waals surface area contributed by atoms with E-state index >= 15 is 0 Å². The van der Waals surface area contributed by atoms with Crippen LogP contribution in [0.15, 0.2) is 28.0 Å². The molecule has 0 bridgehead atoms. The van der Waals surface area contributed by atoms with Gasteiger partial charge in [0.1, 0.15) is 0 Å². The molecular formula is C11H16N2O3S. The van der Waals surface area contributed by atoms with Crippen LogP contribution < -0.4 is 10.3 Å². The largest absolute Gasteiger partial charge is 0.328 e. The van der Waals surface area contributed by atoms with E-state index in [0.717, 1.165) is 25.7 Å². The molecule has 0 radical (unpaired) electrons. The first-order chi connectivity index (χ1) is 7.97. The first-order valence-corrected chi connectivity index (χ1v) is 7.18. The smallest absolute Gasteiger partial charge is 0.247 e. The SMILES string of the molecule is CCC1(NS(=O)(=O)c2ccc(=O)[nH]c2)CCC1. The van der Waals surface area contributed by atoms with E-state index in [4.69, 9.17) is 0 Å². The summed E-state index contributed by atoms with van der Waals surface area (Å²) in [6, 6.07) is 2.54. The lowest BCUT2D eigenvalue weighted by molar-refractivity contribution is 0.214. The Morgan fingerprint density at radius 1 is 1.41 bits per heavy atom. The van der Waals surface area contributed by atoms with Gasteiger partial charge in [0.05, 0.1) is 4.90 Å². The van der Waals surface area contributed by atoms with Crippen molar-refractivity contribution in [1.82, 2.24) is 9.71 Å². The molecule has 0 unspecified atom stereocenters. The molecule has 2 N–H and O–H groups in total. The molecule has 5 nitrogen and oxygen atoms in total. The van der Waals surface area contributed by atoms with Crippen molar-refractivity contribution in [2.24, 2.45) is 0 Å². The molecule has 0 amide bonds. The third-order valence-corrected chi connectivity index (χ3v) is 4.98. The summed E-state index contributed by atoms with van der Waals surface area (Å²) < 4.78 is 26.9. The van der Waals surface area contributed by atoms with Crippen molar-refractivity contribution in [3.63, 3.8) is 0 Å². The van der Waals surface area contributed by atoms with Gasteiger partial charge in [-0.15, -0.1) is 0 Å². The lowest BCUT2D eigenvalue weighted by Crippen LogP contribution is -2.52. The summed E-state index contributed by atoms with van der Waals surface area (Å²) in [6.45, 7) is 1.98. The van der Waals surface area contributed by atoms with E-state index in [1.165, 1.54) is 18.3 Å². The van der Waals surface area contributed by atoms with Gasteiger partial charge in [-0.3, -0.25) is 4.79 Å². The monoisotopic (exact) mass is 256 g/mol. The van der Waals surface area contributed by atoms with Crippen molar-refractivity contribution < 1.29 is 8.42 Å². The molecule has 1 saturated carbocycles. The molecule has 1 aliphatic carbocycles. The fourth-order valence-corrected chi connectivity index (χ4v) is 3.54. The maximum absolute atomic E-state index is 12.1. The average molecular weight is 256 g/mol. The number of rotatable bonds is 4. The molecule has 2 rings (SSSR count). The Morgan fingerprint density at radius 3 is 2.53 bits per heavy atom. The van der Waals surface area contributed by atoms with E-state index in [-0.39, 0.29) is 16.0 Å². The van der Waals surface area contributed by atoms with Gasteiger partial charge in [-0.05, 0) is 31.7 Å². The van der Waals surface area contributed by atoms with Crippen LogP contribution in [-0.4, -0.2) is 18.9 Å². The Morgan fingerprint density at radius 2 is 2.12 bits per heavy atom. The first-order valence-electron chi connectivity index (χ1n) is 5.70. The number of nitrogens with one attached hydrogen (secondary N) is 2. The van der Waals surface area contributed by atoms with E-state index in [1.54, 1.807) is 0 Å². The van der Waals surface area contributed by atoms with E-state index in [1.807, 2.05) is 6.92 Å². The highest BCUT2D eigenvalue weighted by molar-refractivity contribution is 7.89. The lowest BCUT2D eigenvalue weighted by Gasteiger charge is -2.41. The second-order valence-electron chi connectivity index (χ2n) is 4.48. The highest BCUT2D eigenvalue weighted by Crippen LogP contribution is 2.35. The zero-order chi connectivity index (χ0) is 12.5. The third kappa shape index (κ3) is 2.42. The Bertz CT molecular complexity index is 532. The molecule has 1 aromatic rings. The van der Waals surface area contributed by atoms with Crippen LogP contribution in [-0.2, 0) is 10.0 Å². The van der Waals surface area contributed by atoms with Crippen LogP contribution in [0.5, 0.6) is 0 Å². The third-order valence-electron chi connectivity index (χ3n) is 3.40. The molecule has 1 fully saturated rings. The normalized spacial score (nSPS) is 18.6. The minimum Gasteiger partial charge on any atom is -0.328 e. The number of H-pyrrole nitrogens is 1. The minimum absolute atomic E-state index is 0.108. The van der Waals surface area contributed by atoms with Gasteiger partial charge in [0.2, 0.25) is 15.6 Å². The van der Waals surface area contributed by atoms with E-state index in [9.17, 15) is 13.2 Å². The highest BCUT2D eigenvalue weighted by Gasteiger charge is 2.39. The number of sulfonamides is 1. The molecule has 94 valence electrons. The molecule has 1 aliphatic rings. The van der Waals surface area contributed by atoms with Gasteiger partial charge < -0.3 is 4.98 Å². The van der Waals surface area contributed by atoms with Crippen LogP contribution in [0.4, 0.5) is 0 Å². The molecule has 0 saturated heterocycles. The van der Waals surface area contributed by atoms with E-state index < -0.39 is 10.0 Å². The molecule has 6 heteroatoms. The summed E-state index contributed by atoms with van der Waals surface area (Å²) in [5.74, 6) is 0. The zero-order valence-corrected chi connectivity index (χ0v) is 10.5. The molecule has 1 heterocycles. The maximum atomic E-state index is 12.1. The number of hydrogen-bond donors (Lipinski definition) is 2. The van der Waals surface area contributed by atoms with Crippen LogP contribution in [0.3, 0.4) is 0 Å². The fourth-order valence-electron chi connectivity index (χ4n) is 2.04. The predicted molar refractivity (Wildman–Crippen MR) is 64.3 cm³/mol. The Hall–Kier alpha value is -1.14. The van der Waals surface area contributed by atoms with Gasteiger partial charge in [0, 0.05) is 17.8 Å². The summed E-state index contributed by atoms with van der Waals surface area (Å²) in [5, 5.41) is 0. The second-order valence-corrected chi connectivity index (χ2v) is 6.16. The van der Waals surface area contributed by atoms with Gasteiger partial charge in [0.25, 0.3) is 0 Å². The topological polar surface area (TPSA) is 79.0 Å². The van der Waals surface area contributed by atoms with Crippen molar-refractivity contribution in [2.75, 3.05) is 0 Å².